The molecule has 0 saturated carbocycles. The predicted molar refractivity (Wildman–Crippen MR) is 91.9 cm³/mol. The summed E-state index contributed by atoms with van der Waals surface area (Å²) in [4.78, 5) is 13.4. The Bertz CT molecular complexity index is 813. The number of ether oxygens (including phenoxy) is 1. The number of hydrogen-bond donors (Lipinski definition) is 0. The summed E-state index contributed by atoms with van der Waals surface area (Å²) in [7, 11) is 0. The molecule has 0 aliphatic carbocycles. The normalized spacial score (nSPS) is 16.8. The zero-order valence-corrected chi connectivity index (χ0v) is 13.8. The molecule has 6 nitrogen and oxygen atoms in total. The van der Waals surface area contributed by atoms with Crippen LogP contribution in [0.4, 0.5) is 17.5 Å². The molecule has 24 heavy (non-hydrogen) atoms. The molecule has 0 unspecified atom stereocenters. The number of nitrogens with zero attached hydrogens (tertiary/aromatic N) is 5. The van der Waals surface area contributed by atoms with Crippen LogP contribution >= 0.6 is 11.6 Å². The first kappa shape index (κ1) is 15.2. The fourth-order valence-electron chi connectivity index (χ4n) is 3.10. The Balaban J connectivity index is 1.73. The molecular weight excluding hydrogens is 326 g/mol. The van der Waals surface area contributed by atoms with Crippen molar-refractivity contribution in [3.8, 4) is 6.07 Å². The Hall–Kier alpha value is -2.36. The first-order valence-electron chi connectivity index (χ1n) is 7.93. The van der Waals surface area contributed by atoms with E-state index in [1.54, 1.807) is 6.07 Å². The van der Waals surface area contributed by atoms with E-state index in [0.29, 0.717) is 29.9 Å². The van der Waals surface area contributed by atoms with Crippen LogP contribution in [-0.2, 0) is 11.2 Å². The molecule has 0 radical (unpaired) electrons. The van der Waals surface area contributed by atoms with E-state index in [-0.39, 0.29) is 0 Å². The summed E-state index contributed by atoms with van der Waals surface area (Å²) in [5, 5.41) is 9.64. The lowest BCUT2D eigenvalue weighted by Crippen LogP contribution is -2.37. The van der Waals surface area contributed by atoms with E-state index in [4.69, 9.17) is 26.6 Å². The van der Waals surface area contributed by atoms with Crippen LogP contribution in [-0.4, -0.2) is 42.8 Å². The third-order valence-corrected chi connectivity index (χ3v) is 4.66. The minimum Gasteiger partial charge on any atom is -0.378 e. The molecule has 1 fully saturated rings. The molecule has 0 bridgehead atoms. The Labute approximate surface area is 145 Å². The maximum atomic E-state index is 9.12. The summed E-state index contributed by atoms with van der Waals surface area (Å²) < 4.78 is 5.39. The van der Waals surface area contributed by atoms with Gasteiger partial charge in [0.15, 0.2) is 0 Å². The van der Waals surface area contributed by atoms with Crippen LogP contribution in [0.15, 0.2) is 24.3 Å². The van der Waals surface area contributed by atoms with Crippen molar-refractivity contribution in [3.05, 3.63) is 40.5 Å². The maximum Gasteiger partial charge on any atom is 0.228 e. The summed E-state index contributed by atoms with van der Waals surface area (Å²) in [6, 6.07) is 9.73. The molecule has 0 amide bonds. The van der Waals surface area contributed by atoms with Gasteiger partial charge >= 0.3 is 0 Å². The van der Waals surface area contributed by atoms with Gasteiger partial charge in [-0.25, -0.2) is 4.98 Å². The van der Waals surface area contributed by atoms with E-state index in [1.165, 1.54) is 0 Å². The maximum absolute atomic E-state index is 9.12. The van der Waals surface area contributed by atoms with Gasteiger partial charge in [-0.2, -0.15) is 10.2 Å². The molecule has 7 heteroatoms. The largest absolute Gasteiger partial charge is 0.378 e. The second-order valence-electron chi connectivity index (χ2n) is 5.78. The molecule has 0 spiro atoms. The van der Waals surface area contributed by atoms with E-state index < -0.39 is 0 Å². The lowest BCUT2D eigenvalue weighted by Gasteiger charge is -2.28. The fourth-order valence-corrected chi connectivity index (χ4v) is 3.36. The predicted octanol–water partition coefficient (Wildman–Crippen LogP) is 2.53. The van der Waals surface area contributed by atoms with Gasteiger partial charge in [-0.1, -0.05) is 17.7 Å². The molecule has 0 atom stereocenters. The molecule has 2 aliphatic rings. The zero-order chi connectivity index (χ0) is 16.5. The van der Waals surface area contributed by atoms with Crippen molar-refractivity contribution < 1.29 is 4.74 Å². The minimum atomic E-state index is 0.514. The van der Waals surface area contributed by atoms with E-state index in [1.807, 2.05) is 18.2 Å². The van der Waals surface area contributed by atoms with Crippen LogP contribution in [0.3, 0.4) is 0 Å². The van der Waals surface area contributed by atoms with Crippen LogP contribution < -0.4 is 9.80 Å². The fraction of sp³-hybridized carbons (Fsp3) is 0.353. The summed E-state index contributed by atoms with van der Waals surface area (Å²) in [5.74, 6) is 1.48. The highest BCUT2D eigenvalue weighted by molar-refractivity contribution is 6.30. The summed E-state index contributed by atoms with van der Waals surface area (Å²) in [5.41, 5.74) is 2.56. The summed E-state index contributed by atoms with van der Waals surface area (Å²) in [6.07, 6.45) is 0.800. The minimum absolute atomic E-state index is 0.514. The quantitative estimate of drug-likeness (QED) is 0.782. The zero-order valence-electron chi connectivity index (χ0n) is 13.1. The van der Waals surface area contributed by atoms with E-state index >= 15 is 0 Å². The van der Waals surface area contributed by atoms with Gasteiger partial charge in [0, 0.05) is 30.9 Å². The first-order chi connectivity index (χ1) is 11.8. The van der Waals surface area contributed by atoms with E-state index in [9.17, 15) is 0 Å². The number of halogens is 1. The van der Waals surface area contributed by atoms with Gasteiger partial charge in [0.05, 0.1) is 24.8 Å². The molecule has 3 heterocycles. The molecular formula is C17H16ClN5O. The van der Waals surface area contributed by atoms with Crippen molar-refractivity contribution in [2.24, 2.45) is 0 Å². The van der Waals surface area contributed by atoms with Crippen LogP contribution in [0, 0.1) is 11.3 Å². The number of benzene rings is 1. The molecule has 1 aromatic carbocycles. The van der Waals surface area contributed by atoms with Crippen LogP contribution in [0.2, 0.25) is 5.15 Å². The number of fused-ring (bicyclic) bond motifs is 1. The molecule has 0 N–H and O–H groups in total. The Morgan fingerprint density at radius 3 is 2.79 bits per heavy atom. The number of rotatable bonds is 2. The molecule has 1 saturated heterocycles. The lowest BCUT2D eigenvalue weighted by atomic mass is 10.2. The SMILES string of the molecule is N#Cc1cccc(N2CCc3c(Cl)nc(N4CCOCC4)nc32)c1. The highest BCUT2D eigenvalue weighted by atomic mass is 35.5. The summed E-state index contributed by atoms with van der Waals surface area (Å²) >= 11 is 6.42. The van der Waals surface area contributed by atoms with Gasteiger partial charge in [0.2, 0.25) is 5.95 Å². The molecule has 2 aliphatic heterocycles. The van der Waals surface area contributed by atoms with Crippen molar-refractivity contribution in [3.63, 3.8) is 0 Å². The van der Waals surface area contributed by atoms with Gasteiger partial charge in [-0.05, 0) is 24.6 Å². The molecule has 1 aromatic heterocycles. The van der Waals surface area contributed by atoms with Crippen molar-refractivity contribution in [1.82, 2.24) is 9.97 Å². The third kappa shape index (κ3) is 2.66. The average molecular weight is 342 g/mol. The monoisotopic (exact) mass is 341 g/mol. The van der Waals surface area contributed by atoms with Gasteiger partial charge < -0.3 is 14.5 Å². The van der Waals surface area contributed by atoms with Crippen molar-refractivity contribution in [1.29, 1.82) is 5.26 Å². The van der Waals surface area contributed by atoms with Gasteiger partial charge in [0.1, 0.15) is 11.0 Å². The number of aromatic nitrogens is 2. The van der Waals surface area contributed by atoms with Gasteiger partial charge in [-0.3, -0.25) is 0 Å². The number of morpholine rings is 1. The number of nitriles is 1. The lowest BCUT2D eigenvalue weighted by molar-refractivity contribution is 0.122. The Morgan fingerprint density at radius 2 is 2.00 bits per heavy atom. The average Bonchev–Trinajstić information content (AvgIpc) is 3.07. The second kappa shape index (κ2) is 6.27. The second-order valence-corrected chi connectivity index (χ2v) is 6.14. The standard InChI is InChI=1S/C17H16ClN5O/c18-15-14-4-5-23(13-3-1-2-12(10-13)11-19)16(14)21-17(20-15)22-6-8-24-9-7-22/h1-3,10H,4-9H2. The smallest absolute Gasteiger partial charge is 0.228 e. The molecule has 2 aromatic rings. The Morgan fingerprint density at radius 1 is 1.17 bits per heavy atom. The highest BCUT2D eigenvalue weighted by Gasteiger charge is 2.28. The van der Waals surface area contributed by atoms with E-state index in [2.05, 4.69) is 20.9 Å². The number of anilines is 3. The Kier molecular flexibility index (Phi) is 3.97. The molecule has 122 valence electrons. The third-order valence-electron chi connectivity index (χ3n) is 4.34. The van der Waals surface area contributed by atoms with Gasteiger partial charge in [-0.15, -0.1) is 0 Å². The topological polar surface area (TPSA) is 65.3 Å². The van der Waals surface area contributed by atoms with Crippen molar-refractivity contribution in [2.45, 2.75) is 6.42 Å². The number of hydrogen-bond acceptors (Lipinski definition) is 6. The van der Waals surface area contributed by atoms with Gasteiger partial charge in [0.25, 0.3) is 0 Å². The highest BCUT2D eigenvalue weighted by Crippen LogP contribution is 2.37. The van der Waals surface area contributed by atoms with Crippen LogP contribution in [0.5, 0.6) is 0 Å². The van der Waals surface area contributed by atoms with E-state index in [0.717, 1.165) is 43.1 Å². The van der Waals surface area contributed by atoms with Crippen molar-refractivity contribution >= 4 is 29.1 Å². The summed E-state index contributed by atoms with van der Waals surface area (Å²) in [6.45, 7) is 3.65. The first-order valence-corrected chi connectivity index (χ1v) is 8.31. The van der Waals surface area contributed by atoms with Crippen LogP contribution in [0.1, 0.15) is 11.1 Å². The van der Waals surface area contributed by atoms with Crippen molar-refractivity contribution in [2.75, 3.05) is 42.6 Å². The molecule has 4 rings (SSSR count). The van der Waals surface area contributed by atoms with Crippen LogP contribution in [0.25, 0.3) is 0 Å².